The van der Waals surface area contributed by atoms with Gasteiger partial charge in [0.15, 0.2) is 5.13 Å². The Morgan fingerprint density at radius 1 is 1.44 bits per heavy atom. The van der Waals surface area contributed by atoms with Crippen molar-refractivity contribution in [3.05, 3.63) is 11.1 Å². The van der Waals surface area contributed by atoms with Gasteiger partial charge >= 0.3 is 6.03 Å². The molecule has 18 heavy (non-hydrogen) atoms. The van der Waals surface area contributed by atoms with Gasteiger partial charge in [0.25, 0.3) is 0 Å². The van der Waals surface area contributed by atoms with Gasteiger partial charge in [-0.3, -0.25) is 0 Å². The molecule has 6 nitrogen and oxygen atoms in total. The standard InChI is InChI=1S/C11H21N5OS/c1-3-16(4-2)11-15-8-9(18-11)7-13-5-6-14-10(12)17/h8,13H,3-7H2,1-2H3,(H3,12,14,17). The Bertz CT molecular complexity index is 364. The smallest absolute Gasteiger partial charge is 0.312 e. The van der Waals surface area contributed by atoms with Gasteiger partial charge in [0.1, 0.15) is 0 Å². The van der Waals surface area contributed by atoms with Gasteiger partial charge in [0.2, 0.25) is 0 Å². The number of urea groups is 1. The number of carbonyl (C=O) groups excluding carboxylic acids is 1. The lowest BCUT2D eigenvalue weighted by molar-refractivity contribution is 0.249. The minimum atomic E-state index is -0.488. The zero-order chi connectivity index (χ0) is 13.4. The third-order valence-electron chi connectivity index (χ3n) is 2.48. The molecule has 102 valence electrons. The molecule has 0 radical (unpaired) electrons. The van der Waals surface area contributed by atoms with Crippen LogP contribution in [0.15, 0.2) is 6.20 Å². The van der Waals surface area contributed by atoms with Crippen LogP contribution in [-0.4, -0.2) is 37.2 Å². The number of amides is 2. The number of hydrogen-bond acceptors (Lipinski definition) is 5. The number of nitrogens with zero attached hydrogens (tertiary/aromatic N) is 2. The third-order valence-corrected chi connectivity index (χ3v) is 3.53. The number of rotatable bonds is 8. The van der Waals surface area contributed by atoms with Gasteiger partial charge in [-0.15, -0.1) is 11.3 Å². The molecule has 0 unspecified atom stereocenters. The highest BCUT2D eigenvalue weighted by Crippen LogP contribution is 2.21. The molecule has 1 aromatic rings. The molecular weight excluding hydrogens is 250 g/mol. The topological polar surface area (TPSA) is 83.3 Å². The number of aromatic nitrogens is 1. The minimum Gasteiger partial charge on any atom is -0.352 e. The lowest BCUT2D eigenvalue weighted by Gasteiger charge is -2.16. The van der Waals surface area contributed by atoms with E-state index < -0.39 is 6.03 Å². The second-order valence-electron chi connectivity index (χ2n) is 3.75. The molecule has 0 saturated heterocycles. The Morgan fingerprint density at radius 2 is 2.17 bits per heavy atom. The number of nitrogens with two attached hydrogens (primary N) is 1. The summed E-state index contributed by atoms with van der Waals surface area (Å²) < 4.78 is 0. The van der Waals surface area contributed by atoms with Gasteiger partial charge in [0, 0.05) is 43.8 Å². The van der Waals surface area contributed by atoms with Crippen LogP contribution in [0, 0.1) is 0 Å². The van der Waals surface area contributed by atoms with E-state index in [9.17, 15) is 4.79 Å². The zero-order valence-electron chi connectivity index (χ0n) is 10.9. The third kappa shape index (κ3) is 4.89. The molecule has 0 aliphatic carbocycles. The largest absolute Gasteiger partial charge is 0.352 e. The highest BCUT2D eigenvalue weighted by molar-refractivity contribution is 7.15. The average molecular weight is 271 g/mol. The van der Waals surface area contributed by atoms with Crippen molar-refractivity contribution in [3.8, 4) is 0 Å². The van der Waals surface area contributed by atoms with E-state index in [0.29, 0.717) is 13.1 Å². The highest BCUT2D eigenvalue weighted by atomic mass is 32.1. The van der Waals surface area contributed by atoms with Crippen molar-refractivity contribution in [2.24, 2.45) is 5.73 Å². The van der Waals surface area contributed by atoms with Gasteiger partial charge in [-0.1, -0.05) is 0 Å². The number of primary amides is 1. The number of carbonyl (C=O) groups is 1. The van der Waals surface area contributed by atoms with Crippen LogP contribution in [0.1, 0.15) is 18.7 Å². The molecular formula is C11H21N5OS. The first kappa shape index (κ1) is 14.7. The summed E-state index contributed by atoms with van der Waals surface area (Å²) in [5.74, 6) is 0. The van der Waals surface area contributed by atoms with Crippen molar-refractivity contribution < 1.29 is 4.79 Å². The second kappa shape index (κ2) is 7.88. The molecule has 2 amide bonds. The van der Waals surface area contributed by atoms with E-state index in [0.717, 1.165) is 24.8 Å². The summed E-state index contributed by atoms with van der Waals surface area (Å²) in [6.45, 7) is 8.19. The molecule has 0 aliphatic heterocycles. The van der Waals surface area contributed by atoms with Gasteiger partial charge in [-0.05, 0) is 13.8 Å². The normalized spacial score (nSPS) is 10.3. The molecule has 4 N–H and O–H groups in total. The molecule has 0 fully saturated rings. The van der Waals surface area contributed by atoms with Crippen molar-refractivity contribution in [1.29, 1.82) is 0 Å². The van der Waals surface area contributed by atoms with Crippen LogP contribution >= 0.6 is 11.3 Å². The maximum atomic E-state index is 10.4. The van der Waals surface area contributed by atoms with Crippen LogP contribution in [0.4, 0.5) is 9.93 Å². The summed E-state index contributed by atoms with van der Waals surface area (Å²) in [4.78, 5) is 18.3. The predicted octanol–water partition coefficient (Wildman–Crippen LogP) is 0.747. The average Bonchev–Trinajstić information content (AvgIpc) is 2.79. The SMILES string of the molecule is CCN(CC)c1ncc(CNCCNC(N)=O)s1. The molecule has 0 bridgehead atoms. The Labute approximate surface area is 112 Å². The summed E-state index contributed by atoms with van der Waals surface area (Å²) >= 11 is 1.69. The summed E-state index contributed by atoms with van der Waals surface area (Å²) in [6.07, 6.45) is 1.90. The van der Waals surface area contributed by atoms with Crippen LogP contribution < -0.4 is 21.3 Å². The molecule has 7 heteroatoms. The monoisotopic (exact) mass is 271 g/mol. The Balaban J connectivity index is 2.29. The van der Waals surface area contributed by atoms with Crippen LogP contribution in [0.5, 0.6) is 0 Å². The first-order valence-electron chi connectivity index (χ1n) is 6.11. The summed E-state index contributed by atoms with van der Waals surface area (Å²) in [5, 5.41) is 6.82. The summed E-state index contributed by atoms with van der Waals surface area (Å²) in [6, 6.07) is -0.488. The maximum Gasteiger partial charge on any atom is 0.312 e. The van der Waals surface area contributed by atoms with Crippen LogP contribution in [0.3, 0.4) is 0 Å². The fourth-order valence-corrected chi connectivity index (χ4v) is 2.51. The van der Waals surface area contributed by atoms with Gasteiger partial charge in [-0.2, -0.15) is 0 Å². The van der Waals surface area contributed by atoms with Gasteiger partial charge < -0.3 is 21.3 Å². The maximum absolute atomic E-state index is 10.4. The van der Waals surface area contributed by atoms with Crippen molar-refractivity contribution in [2.75, 3.05) is 31.1 Å². The molecule has 1 heterocycles. The predicted molar refractivity (Wildman–Crippen MR) is 75.0 cm³/mol. The molecule has 0 aromatic carbocycles. The van der Waals surface area contributed by atoms with E-state index in [1.54, 1.807) is 11.3 Å². The number of thiazole rings is 1. The van der Waals surface area contributed by atoms with E-state index in [-0.39, 0.29) is 0 Å². The lowest BCUT2D eigenvalue weighted by atomic mass is 10.5. The fraction of sp³-hybridized carbons (Fsp3) is 0.636. The van der Waals surface area contributed by atoms with Crippen molar-refractivity contribution in [1.82, 2.24) is 15.6 Å². The van der Waals surface area contributed by atoms with Crippen molar-refractivity contribution in [3.63, 3.8) is 0 Å². The van der Waals surface area contributed by atoms with Gasteiger partial charge in [0.05, 0.1) is 0 Å². The molecule has 0 saturated carbocycles. The first-order chi connectivity index (χ1) is 8.67. The molecule has 0 aliphatic rings. The molecule has 0 spiro atoms. The van der Waals surface area contributed by atoms with E-state index in [1.807, 2.05) is 6.20 Å². The molecule has 1 rings (SSSR count). The summed E-state index contributed by atoms with van der Waals surface area (Å²) in [7, 11) is 0. The van der Waals surface area contributed by atoms with Crippen molar-refractivity contribution in [2.45, 2.75) is 20.4 Å². The quantitative estimate of drug-likeness (QED) is 0.609. The number of anilines is 1. The van der Waals surface area contributed by atoms with Gasteiger partial charge in [-0.25, -0.2) is 9.78 Å². The van der Waals surface area contributed by atoms with Crippen LogP contribution in [0.2, 0.25) is 0 Å². The lowest BCUT2D eigenvalue weighted by Crippen LogP contribution is -2.35. The first-order valence-corrected chi connectivity index (χ1v) is 6.92. The fourth-order valence-electron chi connectivity index (χ4n) is 1.50. The highest BCUT2D eigenvalue weighted by Gasteiger charge is 2.07. The van der Waals surface area contributed by atoms with Crippen molar-refractivity contribution >= 4 is 22.5 Å². The Hall–Kier alpha value is -1.34. The zero-order valence-corrected chi connectivity index (χ0v) is 11.7. The van der Waals surface area contributed by atoms with E-state index in [1.165, 1.54) is 4.88 Å². The Morgan fingerprint density at radius 3 is 2.78 bits per heavy atom. The second-order valence-corrected chi connectivity index (χ2v) is 4.84. The van der Waals surface area contributed by atoms with Crippen LogP contribution in [0.25, 0.3) is 0 Å². The van der Waals surface area contributed by atoms with E-state index >= 15 is 0 Å². The summed E-state index contributed by atoms with van der Waals surface area (Å²) in [5.41, 5.74) is 4.96. The van der Waals surface area contributed by atoms with E-state index in [2.05, 4.69) is 34.4 Å². The number of hydrogen-bond donors (Lipinski definition) is 3. The van der Waals surface area contributed by atoms with Crippen LogP contribution in [-0.2, 0) is 6.54 Å². The minimum absolute atomic E-state index is 0.488. The Kier molecular flexibility index (Phi) is 6.45. The number of nitrogens with one attached hydrogen (secondary N) is 2. The molecule has 0 atom stereocenters. The van der Waals surface area contributed by atoms with E-state index in [4.69, 9.17) is 5.73 Å². The molecule has 1 aromatic heterocycles.